The fourth-order valence-electron chi connectivity index (χ4n) is 4.61. The molecule has 6 heteroatoms. The Hall–Kier alpha value is -2.40. The van der Waals surface area contributed by atoms with Gasteiger partial charge in [-0.25, -0.2) is 0 Å². The third-order valence-electron chi connectivity index (χ3n) is 6.28. The topological polar surface area (TPSA) is 44.8 Å². The molecular formula is C26H38ClN3O2. The van der Waals surface area contributed by atoms with E-state index in [2.05, 4.69) is 35.3 Å². The van der Waals surface area contributed by atoms with E-state index in [1.165, 1.54) is 18.5 Å². The van der Waals surface area contributed by atoms with E-state index >= 15 is 0 Å². The third-order valence-corrected chi connectivity index (χ3v) is 6.28. The summed E-state index contributed by atoms with van der Waals surface area (Å²) in [6, 6.07) is 17.1. The standard InChI is InChI=1S/C26H37N3O2.ClH/c1-5-10-24(25-13-9-18-29(25)22-11-8-12-23(19-22)31-4)27-21-16-14-20(15-17-21)26(30)28(6-2)7-3;/h8,11-12,14-17,19,24-25,27H,5-7,9-10,13,18H2,1-4H3;1H. The Balaban J connectivity index is 0.00000363. The lowest BCUT2D eigenvalue weighted by Crippen LogP contribution is -2.43. The van der Waals surface area contributed by atoms with Crippen molar-refractivity contribution in [2.75, 3.05) is 37.0 Å². The van der Waals surface area contributed by atoms with Gasteiger partial charge in [0, 0.05) is 54.7 Å². The molecule has 1 aliphatic rings. The third kappa shape index (κ3) is 6.10. The maximum Gasteiger partial charge on any atom is 0.253 e. The average Bonchev–Trinajstić information content (AvgIpc) is 3.30. The number of anilines is 2. The Morgan fingerprint density at radius 2 is 1.88 bits per heavy atom. The Morgan fingerprint density at radius 1 is 1.16 bits per heavy atom. The summed E-state index contributed by atoms with van der Waals surface area (Å²) >= 11 is 0. The first-order valence-corrected chi connectivity index (χ1v) is 11.7. The van der Waals surface area contributed by atoms with Gasteiger partial charge < -0.3 is 19.9 Å². The van der Waals surface area contributed by atoms with Gasteiger partial charge in [-0.1, -0.05) is 19.4 Å². The first-order valence-electron chi connectivity index (χ1n) is 11.7. The van der Waals surface area contributed by atoms with Crippen molar-refractivity contribution in [3.63, 3.8) is 0 Å². The molecule has 5 nitrogen and oxygen atoms in total. The first-order chi connectivity index (χ1) is 15.1. The van der Waals surface area contributed by atoms with Gasteiger partial charge in [0.25, 0.3) is 5.91 Å². The van der Waals surface area contributed by atoms with Crippen LogP contribution < -0.4 is 15.0 Å². The summed E-state index contributed by atoms with van der Waals surface area (Å²) < 4.78 is 5.44. The van der Waals surface area contributed by atoms with Crippen LogP contribution in [0.25, 0.3) is 0 Å². The minimum Gasteiger partial charge on any atom is -0.497 e. The number of nitrogens with one attached hydrogen (secondary N) is 1. The van der Waals surface area contributed by atoms with Crippen LogP contribution in [0.2, 0.25) is 0 Å². The molecule has 1 amide bonds. The van der Waals surface area contributed by atoms with Crippen molar-refractivity contribution in [2.24, 2.45) is 0 Å². The van der Waals surface area contributed by atoms with Gasteiger partial charge in [-0.05, 0) is 69.5 Å². The predicted molar refractivity (Wildman–Crippen MR) is 137 cm³/mol. The number of ether oxygens (including phenoxy) is 1. The number of hydrogen-bond donors (Lipinski definition) is 1. The molecule has 0 spiro atoms. The monoisotopic (exact) mass is 459 g/mol. The largest absolute Gasteiger partial charge is 0.497 e. The number of methoxy groups -OCH3 is 1. The molecule has 0 radical (unpaired) electrons. The maximum absolute atomic E-state index is 12.6. The molecule has 2 aromatic carbocycles. The first kappa shape index (κ1) is 25.9. The molecule has 2 aromatic rings. The molecule has 3 rings (SSSR count). The van der Waals surface area contributed by atoms with E-state index in [4.69, 9.17) is 4.74 Å². The maximum atomic E-state index is 12.6. The summed E-state index contributed by atoms with van der Waals surface area (Å²) in [5.41, 5.74) is 3.05. The number of carbonyl (C=O) groups excluding carboxylic acids is 1. The molecule has 32 heavy (non-hydrogen) atoms. The van der Waals surface area contributed by atoms with Crippen LogP contribution in [0.1, 0.15) is 56.8 Å². The van der Waals surface area contributed by atoms with Crippen molar-refractivity contribution in [2.45, 2.75) is 58.5 Å². The Morgan fingerprint density at radius 3 is 2.50 bits per heavy atom. The van der Waals surface area contributed by atoms with Crippen LogP contribution in [-0.2, 0) is 0 Å². The highest BCUT2D eigenvalue weighted by Gasteiger charge is 2.31. The Labute approximate surface area is 199 Å². The van der Waals surface area contributed by atoms with Gasteiger partial charge in [0.2, 0.25) is 0 Å². The van der Waals surface area contributed by atoms with Crippen LogP contribution in [0.5, 0.6) is 5.75 Å². The fraction of sp³-hybridized carbons (Fsp3) is 0.500. The molecule has 1 heterocycles. The van der Waals surface area contributed by atoms with Crippen LogP contribution in [-0.4, -0.2) is 49.6 Å². The van der Waals surface area contributed by atoms with E-state index in [1.807, 2.05) is 49.1 Å². The van der Waals surface area contributed by atoms with E-state index in [1.54, 1.807) is 7.11 Å². The Bertz CT molecular complexity index is 839. The van der Waals surface area contributed by atoms with Gasteiger partial charge in [-0.15, -0.1) is 12.4 Å². The van der Waals surface area contributed by atoms with Gasteiger partial charge in [-0.3, -0.25) is 4.79 Å². The van der Waals surface area contributed by atoms with Crippen molar-refractivity contribution in [1.82, 2.24) is 4.90 Å². The number of halogens is 1. The lowest BCUT2D eigenvalue weighted by atomic mass is 9.99. The summed E-state index contributed by atoms with van der Waals surface area (Å²) in [5.74, 6) is 0.998. The van der Waals surface area contributed by atoms with Crippen LogP contribution in [0, 0.1) is 0 Å². The fourth-order valence-corrected chi connectivity index (χ4v) is 4.61. The zero-order chi connectivity index (χ0) is 22.2. The van der Waals surface area contributed by atoms with Crippen molar-refractivity contribution in [3.8, 4) is 5.75 Å². The second-order valence-corrected chi connectivity index (χ2v) is 8.20. The lowest BCUT2D eigenvalue weighted by Gasteiger charge is -2.34. The van der Waals surface area contributed by atoms with Crippen molar-refractivity contribution < 1.29 is 9.53 Å². The molecule has 2 unspecified atom stereocenters. The number of amides is 1. The van der Waals surface area contributed by atoms with E-state index in [0.717, 1.165) is 49.5 Å². The van der Waals surface area contributed by atoms with E-state index < -0.39 is 0 Å². The van der Waals surface area contributed by atoms with Gasteiger partial charge >= 0.3 is 0 Å². The van der Waals surface area contributed by atoms with Crippen LogP contribution in [0.4, 0.5) is 11.4 Å². The summed E-state index contributed by atoms with van der Waals surface area (Å²) in [6.07, 6.45) is 4.60. The molecule has 1 aliphatic heterocycles. The van der Waals surface area contributed by atoms with Crippen molar-refractivity contribution in [3.05, 3.63) is 54.1 Å². The summed E-state index contributed by atoms with van der Waals surface area (Å²) in [7, 11) is 1.72. The van der Waals surface area contributed by atoms with Gasteiger partial charge in [-0.2, -0.15) is 0 Å². The highest BCUT2D eigenvalue weighted by Crippen LogP contribution is 2.32. The average molecular weight is 460 g/mol. The molecule has 2 atom stereocenters. The molecule has 176 valence electrons. The number of benzene rings is 2. The van der Waals surface area contributed by atoms with E-state index in [-0.39, 0.29) is 18.3 Å². The number of hydrogen-bond acceptors (Lipinski definition) is 4. The van der Waals surface area contributed by atoms with Crippen LogP contribution >= 0.6 is 12.4 Å². The normalized spacial score (nSPS) is 16.2. The Kier molecular flexibility index (Phi) is 10.2. The molecule has 1 N–H and O–H groups in total. The zero-order valence-electron chi connectivity index (χ0n) is 19.8. The van der Waals surface area contributed by atoms with Crippen molar-refractivity contribution in [1.29, 1.82) is 0 Å². The molecule has 0 aromatic heterocycles. The van der Waals surface area contributed by atoms with Gasteiger partial charge in [0.1, 0.15) is 5.75 Å². The van der Waals surface area contributed by atoms with Crippen LogP contribution in [0.15, 0.2) is 48.5 Å². The smallest absolute Gasteiger partial charge is 0.253 e. The quantitative estimate of drug-likeness (QED) is 0.484. The van der Waals surface area contributed by atoms with Gasteiger partial charge in [0.15, 0.2) is 0 Å². The number of nitrogens with zero attached hydrogens (tertiary/aromatic N) is 2. The van der Waals surface area contributed by atoms with Crippen LogP contribution in [0.3, 0.4) is 0 Å². The number of carbonyl (C=O) groups is 1. The van der Waals surface area contributed by atoms with E-state index in [9.17, 15) is 4.79 Å². The minimum atomic E-state index is 0. The summed E-state index contributed by atoms with van der Waals surface area (Å²) in [6.45, 7) is 8.80. The van der Waals surface area contributed by atoms with E-state index in [0.29, 0.717) is 12.1 Å². The number of rotatable bonds is 10. The summed E-state index contributed by atoms with van der Waals surface area (Å²) in [4.78, 5) is 17.0. The molecule has 0 aliphatic carbocycles. The molecule has 1 saturated heterocycles. The highest BCUT2D eigenvalue weighted by atomic mass is 35.5. The highest BCUT2D eigenvalue weighted by molar-refractivity contribution is 5.94. The summed E-state index contributed by atoms with van der Waals surface area (Å²) in [5, 5.41) is 3.78. The molecule has 1 fully saturated rings. The zero-order valence-corrected chi connectivity index (χ0v) is 20.7. The minimum absolute atomic E-state index is 0. The predicted octanol–water partition coefficient (Wildman–Crippen LogP) is 5.85. The SMILES string of the molecule is CCCC(Nc1ccc(C(=O)N(CC)CC)cc1)C1CCCN1c1cccc(OC)c1.Cl. The second-order valence-electron chi connectivity index (χ2n) is 8.20. The molecule has 0 saturated carbocycles. The molecular weight excluding hydrogens is 422 g/mol. The molecule has 0 bridgehead atoms. The lowest BCUT2D eigenvalue weighted by molar-refractivity contribution is 0.0773. The van der Waals surface area contributed by atoms with Crippen molar-refractivity contribution >= 4 is 29.7 Å². The second kappa shape index (κ2) is 12.6. The van der Waals surface area contributed by atoms with Gasteiger partial charge in [0.05, 0.1) is 7.11 Å².